The number of anilines is 1. The van der Waals surface area contributed by atoms with Gasteiger partial charge in [-0.1, -0.05) is 12.1 Å². The smallest absolute Gasteiger partial charge is 0.0514 e. The molecule has 1 aromatic rings. The summed E-state index contributed by atoms with van der Waals surface area (Å²) in [5.41, 5.74) is 7.08. The average molecular weight is 287 g/mol. The second kappa shape index (κ2) is 5.23. The molecular formula is C11H15BrN2S. The Morgan fingerprint density at radius 2 is 2.27 bits per heavy atom. The number of rotatable bonds is 2. The molecule has 1 saturated heterocycles. The van der Waals surface area contributed by atoms with Crippen molar-refractivity contribution >= 4 is 33.4 Å². The number of benzene rings is 1. The molecule has 0 bridgehead atoms. The van der Waals surface area contributed by atoms with Gasteiger partial charge in [0.1, 0.15) is 0 Å². The van der Waals surface area contributed by atoms with E-state index >= 15 is 0 Å². The first-order valence-corrected chi connectivity index (χ1v) is 7.06. The van der Waals surface area contributed by atoms with Gasteiger partial charge in [0.25, 0.3) is 0 Å². The third kappa shape index (κ3) is 2.49. The summed E-state index contributed by atoms with van der Waals surface area (Å²) in [6.45, 7) is 1.82. The van der Waals surface area contributed by atoms with Crippen LogP contribution in [0.25, 0.3) is 0 Å². The van der Waals surface area contributed by atoms with E-state index in [0.29, 0.717) is 6.04 Å². The SMILES string of the molecule is NCC1CSCCN1c1ccccc1Br. The Balaban J connectivity index is 2.24. The minimum atomic E-state index is 0.474. The predicted molar refractivity (Wildman–Crippen MR) is 71.7 cm³/mol. The first-order chi connectivity index (χ1) is 7.33. The van der Waals surface area contributed by atoms with E-state index in [4.69, 9.17) is 5.73 Å². The molecule has 0 amide bonds. The Morgan fingerprint density at radius 1 is 1.47 bits per heavy atom. The van der Waals surface area contributed by atoms with E-state index in [1.54, 1.807) is 0 Å². The van der Waals surface area contributed by atoms with E-state index in [2.05, 4.69) is 39.0 Å². The number of thioether (sulfide) groups is 1. The zero-order valence-electron chi connectivity index (χ0n) is 8.53. The highest BCUT2D eigenvalue weighted by Gasteiger charge is 2.22. The molecule has 1 aliphatic rings. The summed E-state index contributed by atoms with van der Waals surface area (Å²) < 4.78 is 1.16. The lowest BCUT2D eigenvalue weighted by molar-refractivity contribution is 0.654. The van der Waals surface area contributed by atoms with Crippen molar-refractivity contribution < 1.29 is 0 Å². The zero-order chi connectivity index (χ0) is 10.7. The monoisotopic (exact) mass is 286 g/mol. The Kier molecular flexibility index (Phi) is 3.94. The highest BCUT2D eigenvalue weighted by Crippen LogP contribution is 2.30. The van der Waals surface area contributed by atoms with Gasteiger partial charge in [0.05, 0.1) is 11.7 Å². The van der Waals surface area contributed by atoms with E-state index < -0.39 is 0 Å². The minimum Gasteiger partial charge on any atom is -0.365 e. The predicted octanol–water partition coefficient (Wildman–Crippen LogP) is 2.33. The number of para-hydroxylation sites is 1. The molecule has 2 N–H and O–H groups in total. The molecule has 1 aromatic carbocycles. The Bertz CT molecular complexity index is 332. The molecule has 1 heterocycles. The van der Waals surface area contributed by atoms with E-state index in [9.17, 15) is 0 Å². The van der Waals surface area contributed by atoms with Crippen molar-refractivity contribution in [1.29, 1.82) is 0 Å². The number of halogens is 1. The van der Waals surface area contributed by atoms with Crippen LogP contribution in [0, 0.1) is 0 Å². The Labute approximate surface area is 103 Å². The van der Waals surface area contributed by atoms with Crippen LogP contribution in [0.2, 0.25) is 0 Å². The lowest BCUT2D eigenvalue weighted by Gasteiger charge is -2.37. The van der Waals surface area contributed by atoms with Crippen molar-refractivity contribution in [3.8, 4) is 0 Å². The largest absolute Gasteiger partial charge is 0.365 e. The standard InChI is InChI=1S/C11H15BrN2S/c12-10-3-1-2-4-11(10)14-5-6-15-8-9(14)7-13/h1-4,9H,5-8,13H2. The first kappa shape index (κ1) is 11.3. The third-order valence-electron chi connectivity index (χ3n) is 2.66. The number of hydrogen-bond acceptors (Lipinski definition) is 3. The van der Waals surface area contributed by atoms with E-state index in [1.807, 2.05) is 17.8 Å². The molecule has 15 heavy (non-hydrogen) atoms. The average Bonchev–Trinajstić information content (AvgIpc) is 2.30. The number of hydrogen-bond donors (Lipinski definition) is 1. The molecule has 1 fully saturated rings. The van der Waals surface area contributed by atoms with Gasteiger partial charge in [0.15, 0.2) is 0 Å². The van der Waals surface area contributed by atoms with Gasteiger partial charge in [-0.3, -0.25) is 0 Å². The van der Waals surface area contributed by atoms with Gasteiger partial charge < -0.3 is 10.6 Å². The van der Waals surface area contributed by atoms with Crippen LogP contribution in [-0.2, 0) is 0 Å². The van der Waals surface area contributed by atoms with Gasteiger partial charge >= 0.3 is 0 Å². The summed E-state index contributed by atoms with van der Waals surface area (Å²) in [5.74, 6) is 2.33. The lowest BCUT2D eigenvalue weighted by atomic mass is 10.2. The second-order valence-corrected chi connectivity index (χ2v) is 5.61. The van der Waals surface area contributed by atoms with Crippen LogP contribution in [0.4, 0.5) is 5.69 Å². The van der Waals surface area contributed by atoms with Gasteiger partial charge in [-0.25, -0.2) is 0 Å². The molecule has 1 aliphatic heterocycles. The zero-order valence-corrected chi connectivity index (χ0v) is 10.9. The number of nitrogens with zero attached hydrogens (tertiary/aromatic N) is 1. The number of nitrogens with two attached hydrogens (primary N) is 1. The molecule has 1 unspecified atom stereocenters. The molecule has 2 nitrogen and oxygen atoms in total. The van der Waals surface area contributed by atoms with Crippen LogP contribution in [0.5, 0.6) is 0 Å². The molecule has 0 saturated carbocycles. The Hall–Kier alpha value is -0.190. The minimum absolute atomic E-state index is 0.474. The third-order valence-corrected chi connectivity index (χ3v) is 4.42. The molecule has 2 rings (SSSR count). The van der Waals surface area contributed by atoms with Gasteiger partial charge in [0.2, 0.25) is 0 Å². The van der Waals surface area contributed by atoms with Crippen molar-refractivity contribution in [2.75, 3.05) is 29.5 Å². The van der Waals surface area contributed by atoms with Crippen LogP contribution in [-0.4, -0.2) is 30.6 Å². The fourth-order valence-corrected chi connectivity index (χ4v) is 3.45. The molecule has 82 valence electrons. The molecule has 1 atom stereocenters. The van der Waals surface area contributed by atoms with E-state index in [-0.39, 0.29) is 0 Å². The summed E-state index contributed by atoms with van der Waals surface area (Å²) in [4.78, 5) is 2.42. The van der Waals surface area contributed by atoms with Crippen LogP contribution in [0.3, 0.4) is 0 Å². The van der Waals surface area contributed by atoms with Gasteiger partial charge in [-0.05, 0) is 28.1 Å². The summed E-state index contributed by atoms with van der Waals surface area (Å²) in [7, 11) is 0. The van der Waals surface area contributed by atoms with Crippen molar-refractivity contribution in [1.82, 2.24) is 0 Å². The fraction of sp³-hybridized carbons (Fsp3) is 0.455. The lowest BCUT2D eigenvalue weighted by Crippen LogP contribution is -2.47. The van der Waals surface area contributed by atoms with Crippen molar-refractivity contribution in [3.05, 3.63) is 28.7 Å². The maximum atomic E-state index is 5.81. The van der Waals surface area contributed by atoms with Crippen LogP contribution in [0.1, 0.15) is 0 Å². The van der Waals surface area contributed by atoms with Crippen molar-refractivity contribution in [3.63, 3.8) is 0 Å². The van der Waals surface area contributed by atoms with E-state index in [0.717, 1.165) is 23.3 Å². The summed E-state index contributed by atoms with van der Waals surface area (Å²) in [6, 6.07) is 8.84. The highest BCUT2D eigenvalue weighted by molar-refractivity contribution is 9.10. The van der Waals surface area contributed by atoms with Crippen LogP contribution < -0.4 is 10.6 Å². The summed E-state index contributed by atoms with van der Waals surface area (Å²) in [6.07, 6.45) is 0. The molecule has 4 heteroatoms. The molecule has 0 aliphatic carbocycles. The maximum absolute atomic E-state index is 5.81. The van der Waals surface area contributed by atoms with Crippen molar-refractivity contribution in [2.24, 2.45) is 5.73 Å². The molecule has 0 radical (unpaired) electrons. The highest BCUT2D eigenvalue weighted by atomic mass is 79.9. The Morgan fingerprint density at radius 3 is 3.00 bits per heavy atom. The summed E-state index contributed by atoms with van der Waals surface area (Å²) in [5, 5.41) is 0. The van der Waals surface area contributed by atoms with Gasteiger partial charge in [-0.15, -0.1) is 0 Å². The van der Waals surface area contributed by atoms with Crippen molar-refractivity contribution in [2.45, 2.75) is 6.04 Å². The maximum Gasteiger partial charge on any atom is 0.0514 e. The molecule has 0 spiro atoms. The topological polar surface area (TPSA) is 29.3 Å². The fourth-order valence-electron chi connectivity index (χ4n) is 1.85. The van der Waals surface area contributed by atoms with Crippen LogP contribution in [0.15, 0.2) is 28.7 Å². The summed E-state index contributed by atoms with van der Waals surface area (Å²) >= 11 is 5.59. The quantitative estimate of drug-likeness (QED) is 0.905. The normalized spacial score (nSPS) is 21.7. The molecular weight excluding hydrogens is 272 g/mol. The second-order valence-electron chi connectivity index (χ2n) is 3.61. The molecule has 0 aromatic heterocycles. The van der Waals surface area contributed by atoms with E-state index in [1.165, 1.54) is 11.4 Å². The van der Waals surface area contributed by atoms with Gasteiger partial charge in [-0.2, -0.15) is 11.8 Å². The first-order valence-electron chi connectivity index (χ1n) is 5.12. The van der Waals surface area contributed by atoms with Crippen LogP contribution >= 0.6 is 27.7 Å². The van der Waals surface area contributed by atoms with Gasteiger partial charge in [0, 0.05) is 29.1 Å².